The van der Waals surface area contributed by atoms with E-state index in [9.17, 15) is 9.00 Å². The van der Waals surface area contributed by atoms with Crippen LogP contribution in [-0.4, -0.2) is 23.8 Å². The van der Waals surface area contributed by atoms with Gasteiger partial charge in [0.15, 0.2) is 0 Å². The molecular formula is C19H21NO3S. The number of carbonyl (C=O) groups is 1. The van der Waals surface area contributed by atoms with Gasteiger partial charge in [-0.15, -0.1) is 0 Å². The normalized spacial score (nSPS) is 17.8. The van der Waals surface area contributed by atoms with Gasteiger partial charge in [0.25, 0.3) is 0 Å². The number of hydrogen-bond acceptors (Lipinski definition) is 3. The summed E-state index contributed by atoms with van der Waals surface area (Å²) in [4.78, 5) is 13.0. The highest BCUT2D eigenvalue weighted by Crippen LogP contribution is 2.34. The summed E-state index contributed by atoms with van der Waals surface area (Å²) in [6, 6.07) is 15.4. The summed E-state index contributed by atoms with van der Waals surface area (Å²) in [6.45, 7) is 0.0678. The number of likely N-dealkylation sites (N-methyl/N-ethyl adjacent to an activating group) is 1. The van der Waals surface area contributed by atoms with Crippen molar-refractivity contribution >= 4 is 16.7 Å². The van der Waals surface area contributed by atoms with Crippen molar-refractivity contribution in [2.24, 2.45) is 0 Å². The van der Waals surface area contributed by atoms with Crippen LogP contribution in [0.4, 0.5) is 0 Å². The van der Waals surface area contributed by atoms with Gasteiger partial charge in [-0.25, -0.2) is 4.21 Å². The van der Waals surface area contributed by atoms with Gasteiger partial charge in [0.1, 0.15) is 6.61 Å². The Labute approximate surface area is 144 Å². The lowest BCUT2D eigenvalue weighted by Gasteiger charge is -2.26. The number of fused-ring (bicyclic) bond motifs is 1. The first-order valence-corrected chi connectivity index (χ1v) is 9.26. The largest absolute Gasteiger partial charge is 0.364 e. The second kappa shape index (κ2) is 7.73. The zero-order valence-corrected chi connectivity index (χ0v) is 14.5. The number of nitrogens with one attached hydrogen (secondary N) is 1. The summed E-state index contributed by atoms with van der Waals surface area (Å²) in [6.07, 6.45) is 2.80. The van der Waals surface area contributed by atoms with Crippen LogP contribution in [0.3, 0.4) is 0 Å². The minimum absolute atomic E-state index is 0.0646. The van der Waals surface area contributed by atoms with E-state index in [0.29, 0.717) is 0 Å². The highest BCUT2D eigenvalue weighted by atomic mass is 32.2. The average molecular weight is 343 g/mol. The van der Waals surface area contributed by atoms with Crippen molar-refractivity contribution in [3.05, 3.63) is 59.7 Å². The van der Waals surface area contributed by atoms with Gasteiger partial charge in [-0.1, -0.05) is 24.3 Å². The van der Waals surface area contributed by atoms with Crippen molar-refractivity contribution in [3.8, 4) is 0 Å². The molecule has 2 aromatic rings. The Hall–Kier alpha value is -1.98. The Balaban J connectivity index is 1.80. The summed E-state index contributed by atoms with van der Waals surface area (Å²) >= 11 is 0. The first-order valence-electron chi connectivity index (χ1n) is 8.11. The lowest BCUT2D eigenvalue weighted by molar-refractivity contribution is -0.127. The van der Waals surface area contributed by atoms with Crippen molar-refractivity contribution in [1.29, 1.82) is 0 Å². The predicted octanol–water partition coefficient (Wildman–Crippen LogP) is 2.99. The first kappa shape index (κ1) is 16.9. The maximum absolute atomic E-state index is 12.7. The number of aryl methyl sites for hydroxylation is 1. The Kier molecular flexibility index (Phi) is 5.43. The van der Waals surface area contributed by atoms with Crippen molar-refractivity contribution in [3.63, 3.8) is 0 Å². The summed E-state index contributed by atoms with van der Waals surface area (Å²) in [5.41, 5.74) is 2.28. The zero-order valence-electron chi connectivity index (χ0n) is 13.7. The summed E-state index contributed by atoms with van der Waals surface area (Å²) < 4.78 is 18.5. The highest BCUT2D eigenvalue weighted by molar-refractivity contribution is 7.85. The van der Waals surface area contributed by atoms with E-state index in [0.717, 1.165) is 34.6 Å². The van der Waals surface area contributed by atoms with E-state index in [1.807, 2.05) is 48.5 Å². The van der Waals surface area contributed by atoms with Gasteiger partial charge in [0, 0.05) is 16.8 Å². The molecule has 2 aromatic carbocycles. The van der Waals surface area contributed by atoms with Gasteiger partial charge in [-0.05, 0) is 54.7 Å². The fourth-order valence-corrected chi connectivity index (χ4v) is 4.08. The van der Waals surface area contributed by atoms with Crippen molar-refractivity contribution in [1.82, 2.24) is 5.32 Å². The molecule has 0 bridgehead atoms. The second-order valence-electron chi connectivity index (χ2n) is 5.81. The van der Waals surface area contributed by atoms with Crippen LogP contribution in [0.5, 0.6) is 0 Å². The van der Waals surface area contributed by atoms with Gasteiger partial charge in [0.2, 0.25) is 5.91 Å². The molecule has 1 aliphatic rings. The van der Waals surface area contributed by atoms with E-state index >= 15 is 0 Å². The van der Waals surface area contributed by atoms with E-state index in [1.165, 1.54) is 5.56 Å². The standard InChI is InChI=1S/C19H21NO3S/c1-20-19(21)13-23-18-9-5-6-14-12-16(10-11-17(14)18)24(22)15-7-3-2-4-8-15/h2-4,7-8,10-12,18H,5-6,9,13H2,1H3,(H,20,21). The molecule has 0 spiro atoms. The molecule has 1 aliphatic carbocycles. The third-order valence-electron chi connectivity index (χ3n) is 4.24. The quantitative estimate of drug-likeness (QED) is 0.908. The van der Waals surface area contributed by atoms with E-state index in [4.69, 9.17) is 4.74 Å². The van der Waals surface area contributed by atoms with Gasteiger partial charge in [-0.2, -0.15) is 0 Å². The molecule has 2 unspecified atom stereocenters. The SMILES string of the molecule is CNC(=O)COC1CCCc2cc(S(=O)c3ccccc3)ccc21. The van der Waals surface area contributed by atoms with Crippen LogP contribution in [-0.2, 0) is 26.8 Å². The van der Waals surface area contributed by atoms with Crippen molar-refractivity contribution in [2.45, 2.75) is 35.2 Å². The lowest BCUT2D eigenvalue weighted by atomic mass is 9.89. The summed E-state index contributed by atoms with van der Waals surface area (Å²) in [5, 5.41) is 2.57. The lowest BCUT2D eigenvalue weighted by Crippen LogP contribution is -2.25. The van der Waals surface area contributed by atoms with Gasteiger partial charge >= 0.3 is 0 Å². The molecule has 4 nitrogen and oxygen atoms in total. The summed E-state index contributed by atoms with van der Waals surface area (Å²) in [5.74, 6) is -0.121. The minimum Gasteiger partial charge on any atom is -0.364 e. The predicted molar refractivity (Wildman–Crippen MR) is 93.3 cm³/mol. The second-order valence-corrected chi connectivity index (χ2v) is 7.29. The Morgan fingerprint density at radius 2 is 2.00 bits per heavy atom. The van der Waals surface area contributed by atoms with Crippen LogP contribution in [0.1, 0.15) is 30.1 Å². The number of carbonyl (C=O) groups excluding carboxylic acids is 1. The average Bonchev–Trinajstić information content (AvgIpc) is 2.65. The van der Waals surface area contributed by atoms with Crippen LogP contribution in [0.25, 0.3) is 0 Å². The molecule has 1 N–H and O–H groups in total. The molecule has 0 fully saturated rings. The van der Waals surface area contributed by atoms with Crippen LogP contribution in [0.2, 0.25) is 0 Å². The Bertz CT molecular complexity index is 746. The molecule has 2 atom stereocenters. The zero-order chi connectivity index (χ0) is 16.9. The molecule has 126 valence electrons. The number of hydrogen-bond donors (Lipinski definition) is 1. The molecular weight excluding hydrogens is 322 g/mol. The Morgan fingerprint density at radius 3 is 2.75 bits per heavy atom. The summed E-state index contributed by atoms with van der Waals surface area (Å²) in [7, 11) is 0.429. The number of amides is 1. The third kappa shape index (κ3) is 3.74. The topological polar surface area (TPSA) is 55.4 Å². The molecule has 0 saturated heterocycles. The monoisotopic (exact) mass is 343 g/mol. The minimum atomic E-state index is -1.17. The van der Waals surface area contributed by atoms with E-state index < -0.39 is 10.8 Å². The molecule has 0 aromatic heterocycles. The first-order chi connectivity index (χ1) is 11.7. The van der Waals surface area contributed by atoms with Crippen molar-refractivity contribution < 1.29 is 13.7 Å². The maximum atomic E-state index is 12.7. The molecule has 5 heteroatoms. The van der Waals surface area contributed by atoms with E-state index in [2.05, 4.69) is 5.32 Å². The molecule has 3 rings (SSSR count). The number of rotatable bonds is 5. The maximum Gasteiger partial charge on any atom is 0.245 e. The Morgan fingerprint density at radius 1 is 1.21 bits per heavy atom. The number of ether oxygens (including phenoxy) is 1. The smallest absolute Gasteiger partial charge is 0.245 e. The van der Waals surface area contributed by atoms with Crippen LogP contribution in [0.15, 0.2) is 58.3 Å². The molecule has 1 amide bonds. The van der Waals surface area contributed by atoms with Crippen LogP contribution in [0, 0.1) is 0 Å². The fraction of sp³-hybridized carbons (Fsp3) is 0.316. The fourth-order valence-electron chi connectivity index (χ4n) is 2.96. The van der Waals surface area contributed by atoms with Gasteiger partial charge < -0.3 is 10.1 Å². The van der Waals surface area contributed by atoms with Gasteiger partial charge in [-0.3, -0.25) is 4.79 Å². The van der Waals surface area contributed by atoms with Crippen LogP contribution >= 0.6 is 0 Å². The molecule has 24 heavy (non-hydrogen) atoms. The van der Waals surface area contributed by atoms with Gasteiger partial charge in [0.05, 0.1) is 16.9 Å². The third-order valence-corrected chi connectivity index (χ3v) is 5.62. The molecule has 0 saturated carbocycles. The molecule has 0 aliphatic heterocycles. The highest BCUT2D eigenvalue weighted by Gasteiger charge is 2.22. The number of benzene rings is 2. The van der Waals surface area contributed by atoms with Crippen molar-refractivity contribution in [2.75, 3.05) is 13.7 Å². The van der Waals surface area contributed by atoms with Crippen LogP contribution < -0.4 is 5.32 Å². The molecule has 0 radical (unpaired) electrons. The molecule has 0 heterocycles. The van der Waals surface area contributed by atoms with E-state index in [-0.39, 0.29) is 18.6 Å². The van der Waals surface area contributed by atoms with E-state index in [1.54, 1.807) is 7.05 Å².